The van der Waals surface area contributed by atoms with Crippen LogP contribution >= 0.6 is 11.5 Å². The van der Waals surface area contributed by atoms with Crippen molar-refractivity contribution in [2.45, 2.75) is 58.5 Å². The molecule has 3 amide bonds. The van der Waals surface area contributed by atoms with Crippen LogP contribution in [0.3, 0.4) is 0 Å². The molecule has 0 aliphatic heterocycles. The number of rotatable bonds is 7. The Kier molecular flexibility index (Phi) is 7.40. The van der Waals surface area contributed by atoms with Gasteiger partial charge in [-0.05, 0) is 67.9 Å². The number of hydrogen-bond acceptors (Lipinski definition) is 6. The fraction of sp³-hybridized carbons (Fsp3) is 0.333. The number of nitrogen functional groups attached to an aromatic ring is 1. The normalized spacial score (nSPS) is 14.4. The van der Waals surface area contributed by atoms with E-state index in [1.54, 1.807) is 0 Å². The molecule has 5 N–H and O–H groups in total. The van der Waals surface area contributed by atoms with Gasteiger partial charge in [0.2, 0.25) is 5.91 Å². The number of aryl methyl sites for hydroxylation is 2. The minimum absolute atomic E-state index is 0.0653. The van der Waals surface area contributed by atoms with Crippen molar-refractivity contribution in [1.82, 2.24) is 9.69 Å². The van der Waals surface area contributed by atoms with E-state index in [2.05, 4.69) is 9.69 Å². The molecule has 1 heterocycles. The van der Waals surface area contributed by atoms with Crippen molar-refractivity contribution in [1.29, 1.82) is 0 Å². The Morgan fingerprint density at radius 2 is 1.72 bits per heavy atom. The van der Waals surface area contributed by atoms with E-state index in [1.807, 2.05) is 63.2 Å². The summed E-state index contributed by atoms with van der Waals surface area (Å²) in [5, 5.41) is 3.17. The lowest BCUT2D eigenvalue weighted by Crippen LogP contribution is -2.46. The second-order valence-electron chi connectivity index (χ2n) is 9.34. The zero-order valence-corrected chi connectivity index (χ0v) is 21.5. The van der Waals surface area contributed by atoms with E-state index in [1.165, 1.54) is 4.90 Å². The number of carbonyl (C=O) groups excluding carboxylic acids is 3. The fourth-order valence-electron chi connectivity index (χ4n) is 4.62. The number of amides is 3. The summed E-state index contributed by atoms with van der Waals surface area (Å²) in [7, 11) is 0. The molecule has 0 unspecified atom stereocenters. The Hall–Kier alpha value is -3.72. The molecule has 1 aromatic heterocycles. The van der Waals surface area contributed by atoms with Gasteiger partial charge in [-0.1, -0.05) is 54.8 Å². The van der Waals surface area contributed by atoms with Gasteiger partial charge in [-0.2, -0.15) is 4.37 Å². The van der Waals surface area contributed by atoms with E-state index in [9.17, 15) is 14.4 Å². The van der Waals surface area contributed by atoms with Crippen LogP contribution in [0.15, 0.2) is 42.5 Å². The molecule has 4 rings (SSSR count). The third-order valence-electron chi connectivity index (χ3n) is 6.81. The van der Waals surface area contributed by atoms with Gasteiger partial charge in [-0.3, -0.25) is 19.3 Å². The number of aromatic nitrogens is 1. The van der Waals surface area contributed by atoms with E-state index in [0.717, 1.165) is 53.9 Å². The lowest BCUT2D eigenvalue weighted by atomic mass is 9.98. The quantitative estimate of drug-likeness (QED) is 0.443. The number of benzene rings is 2. The molecule has 1 saturated carbocycles. The van der Waals surface area contributed by atoms with Crippen LogP contribution in [0.4, 0.5) is 11.4 Å². The summed E-state index contributed by atoms with van der Waals surface area (Å²) < 4.78 is 4.02. The molecule has 0 bridgehead atoms. The molecular weight excluding hydrogens is 474 g/mol. The van der Waals surface area contributed by atoms with Crippen LogP contribution in [0.25, 0.3) is 0 Å². The number of carbonyl (C=O) groups is 3. The second-order valence-corrected chi connectivity index (χ2v) is 10.1. The van der Waals surface area contributed by atoms with Gasteiger partial charge in [0, 0.05) is 11.7 Å². The predicted molar refractivity (Wildman–Crippen MR) is 142 cm³/mol. The summed E-state index contributed by atoms with van der Waals surface area (Å²) >= 11 is 0.807. The van der Waals surface area contributed by atoms with Gasteiger partial charge in [0.25, 0.3) is 11.8 Å². The summed E-state index contributed by atoms with van der Waals surface area (Å²) in [6, 6.07) is 12.3. The third-order valence-corrected chi connectivity index (χ3v) is 7.66. The topological polar surface area (TPSA) is 131 Å². The highest BCUT2D eigenvalue weighted by Crippen LogP contribution is 2.36. The number of nitrogens with zero attached hydrogens (tertiary/aromatic N) is 2. The van der Waals surface area contributed by atoms with Gasteiger partial charge in [-0.25, -0.2) is 0 Å². The summed E-state index contributed by atoms with van der Waals surface area (Å²) in [5.41, 5.74) is 15.5. The molecule has 1 aliphatic carbocycles. The Bertz CT molecular complexity index is 1300. The standard InChI is InChI=1S/C27H31N5O3S/c1-15-11-13-18(14-12-15)23(26(34)30-19-8-4-5-9-19)32(20-10-6-7-16(2)17(20)3)27(35)24-21(28)22(25(29)33)31-36-24/h6-7,10-14,19,23H,4-5,8-9,28H2,1-3H3,(H2,29,33)(H,30,34)/t23-/m0/s1. The minimum Gasteiger partial charge on any atom is -0.395 e. The Morgan fingerprint density at radius 1 is 1.06 bits per heavy atom. The Labute approximate surface area is 214 Å². The average molecular weight is 506 g/mol. The van der Waals surface area contributed by atoms with Crippen LogP contribution < -0.4 is 21.7 Å². The minimum atomic E-state index is -0.960. The van der Waals surface area contributed by atoms with Crippen molar-refractivity contribution in [2.75, 3.05) is 10.6 Å². The summed E-state index contributed by atoms with van der Waals surface area (Å²) in [6.45, 7) is 5.83. The van der Waals surface area contributed by atoms with Gasteiger partial charge in [0.05, 0.1) is 5.69 Å². The summed E-state index contributed by atoms with van der Waals surface area (Å²) in [5.74, 6) is -1.59. The van der Waals surface area contributed by atoms with Crippen LogP contribution in [0.2, 0.25) is 0 Å². The first-order chi connectivity index (χ1) is 17.2. The zero-order valence-electron chi connectivity index (χ0n) is 20.7. The predicted octanol–water partition coefficient (Wildman–Crippen LogP) is 4.20. The SMILES string of the molecule is Cc1ccc([C@@H](C(=O)NC2CCCC2)N(C(=O)c2snc(C(N)=O)c2N)c2cccc(C)c2C)cc1. The van der Waals surface area contributed by atoms with Crippen molar-refractivity contribution in [3.63, 3.8) is 0 Å². The molecule has 1 aliphatic rings. The van der Waals surface area contributed by atoms with E-state index in [4.69, 9.17) is 11.5 Å². The molecule has 0 spiro atoms. The van der Waals surface area contributed by atoms with Crippen LogP contribution in [-0.2, 0) is 4.79 Å². The highest BCUT2D eigenvalue weighted by Gasteiger charge is 2.37. The lowest BCUT2D eigenvalue weighted by molar-refractivity contribution is -0.123. The number of anilines is 2. The van der Waals surface area contributed by atoms with Gasteiger partial charge in [0.1, 0.15) is 10.9 Å². The number of nitrogens with two attached hydrogens (primary N) is 2. The number of primary amides is 1. The second kappa shape index (κ2) is 10.5. The molecule has 2 aromatic carbocycles. The van der Waals surface area contributed by atoms with Gasteiger partial charge in [-0.15, -0.1) is 0 Å². The van der Waals surface area contributed by atoms with E-state index >= 15 is 0 Å². The van der Waals surface area contributed by atoms with Crippen molar-refractivity contribution in [3.05, 3.63) is 75.3 Å². The highest BCUT2D eigenvalue weighted by molar-refractivity contribution is 7.09. The van der Waals surface area contributed by atoms with E-state index in [-0.39, 0.29) is 28.2 Å². The van der Waals surface area contributed by atoms with Crippen LogP contribution in [0.1, 0.15) is 74.1 Å². The molecule has 3 aromatic rings. The highest BCUT2D eigenvalue weighted by atomic mass is 32.1. The molecule has 9 heteroatoms. The molecule has 1 fully saturated rings. The van der Waals surface area contributed by atoms with E-state index in [0.29, 0.717) is 11.3 Å². The molecule has 36 heavy (non-hydrogen) atoms. The van der Waals surface area contributed by atoms with E-state index < -0.39 is 17.9 Å². The first kappa shape index (κ1) is 25.4. The first-order valence-electron chi connectivity index (χ1n) is 12.0. The van der Waals surface area contributed by atoms with Crippen molar-refractivity contribution < 1.29 is 14.4 Å². The summed E-state index contributed by atoms with van der Waals surface area (Å²) in [6.07, 6.45) is 3.95. The maximum Gasteiger partial charge on any atom is 0.273 e. The third kappa shape index (κ3) is 4.97. The molecular formula is C27H31N5O3S. The Morgan fingerprint density at radius 3 is 2.33 bits per heavy atom. The lowest BCUT2D eigenvalue weighted by Gasteiger charge is -2.33. The van der Waals surface area contributed by atoms with Crippen LogP contribution in [-0.4, -0.2) is 28.1 Å². The van der Waals surface area contributed by atoms with Crippen molar-refractivity contribution in [2.24, 2.45) is 5.73 Å². The van der Waals surface area contributed by atoms with Gasteiger partial charge >= 0.3 is 0 Å². The molecule has 0 radical (unpaired) electrons. The smallest absolute Gasteiger partial charge is 0.273 e. The molecule has 0 saturated heterocycles. The Balaban J connectivity index is 1.89. The monoisotopic (exact) mass is 505 g/mol. The van der Waals surface area contributed by atoms with Crippen LogP contribution in [0, 0.1) is 20.8 Å². The summed E-state index contributed by atoms with van der Waals surface area (Å²) in [4.78, 5) is 41.4. The van der Waals surface area contributed by atoms with Gasteiger partial charge in [0.15, 0.2) is 5.69 Å². The average Bonchev–Trinajstić information content (AvgIpc) is 3.49. The zero-order chi connectivity index (χ0) is 26.0. The number of nitrogens with one attached hydrogen (secondary N) is 1. The molecule has 8 nitrogen and oxygen atoms in total. The molecule has 188 valence electrons. The maximum atomic E-state index is 14.2. The fourth-order valence-corrected chi connectivity index (χ4v) is 5.36. The molecule has 1 atom stereocenters. The first-order valence-corrected chi connectivity index (χ1v) is 12.8. The number of hydrogen-bond donors (Lipinski definition) is 3. The van der Waals surface area contributed by atoms with Crippen molar-refractivity contribution >= 4 is 40.6 Å². The van der Waals surface area contributed by atoms with Crippen LogP contribution in [0.5, 0.6) is 0 Å². The maximum absolute atomic E-state index is 14.2. The largest absolute Gasteiger partial charge is 0.395 e. The van der Waals surface area contributed by atoms with Gasteiger partial charge < -0.3 is 16.8 Å². The van der Waals surface area contributed by atoms with Crippen molar-refractivity contribution in [3.8, 4) is 0 Å².